The first-order valence-electron chi connectivity index (χ1n) is 24.4. The molecule has 15 nitrogen and oxygen atoms in total. The number of pyridine rings is 7. The number of carbonyl (C=O) groups excluding carboxylic acids is 2. The van der Waals surface area contributed by atoms with E-state index in [2.05, 4.69) is 153 Å². The van der Waals surface area contributed by atoms with Crippen LogP contribution in [-0.2, 0) is 14.3 Å². The van der Waals surface area contributed by atoms with Gasteiger partial charge in [0.2, 0.25) is 5.91 Å². The van der Waals surface area contributed by atoms with Gasteiger partial charge in [0.25, 0.3) is 0 Å². The number of rotatable bonds is 21. The van der Waals surface area contributed by atoms with Gasteiger partial charge in [0.05, 0.1) is 30.4 Å². The van der Waals surface area contributed by atoms with Gasteiger partial charge in [-0.15, -0.1) is 24.0 Å². The number of nitrogens with zero attached hydrogens (tertiary/aromatic N) is 9. The molecule has 0 fully saturated rings. The van der Waals surface area contributed by atoms with Crippen molar-refractivity contribution >= 4 is 161 Å². The Kier molecular flexibility index (Phi) is 44.0. The SMILES string of the molecule is CCOC(=O)CCCCCCN(c1cncc(C)c1)c1ccccn1.Cc1ccnc(Br)c1.Cc1ccnc(Nc2ccccn2)c1.Cc1cncc(N(CCCCCCC(=O)NO)c2ccccn2)c1.I.II.I[I-]I. The molecule has 22 heteroatoms. The monoisotopic (exact) mass is 1790 g/mol. The fraction of sp³-hybridized carbons (Fsp3) is 0.327. The number of ether oxygens (including phenoxy) is 1. The number of halogens is 7. The fourth-order valence-corrected chi connectivity index (χ4v) is 7.39. The Balaban J connectivity index is 0.000000526. The molecule has 0 unspecified atom stereocenters. The van der Waals surface area contributed by atoms with E-state index in [0.717, 1.165) is 115 Å². The molecule has 1 amide bonds. The summed E-state index contributed by atoms with van der Waals surface area (Å²) in [6.07, 6.45) is 25.0. The first kappa shape index (κ1) is 72.2. The average Bonchev–Trinajstić information content (AvgIpc) is 3.42. The second-order valence-corrected chi connectivity index (χ2v) is 33.6. The van der Waals surface area contributed by atoms with Crippen LogP contribution >= 0.6 is 114 Å². The minimum atomic E-state index is -0.323. The molecule has 0 aliphatic heterocycles. The maximum absolute atomic E-state index is 11.3. The van der Waals surface area contributed by atoms with E-state index in [1.54, 1.807) is 30.3 Å². The number of hydrogen-bond acceptors (Lipinski definition) is 14. The third-order valence-corrected chi connectivity index (χ3v) is 10.8. The molecule has 7 aromatic rings. The molecular formula is C55H69BrI6N11O4-. The van der Waals surface area contributed by atoms with Crippen molar-refractivity contribution in [3.8, 4) is 0 Å². The number of amides is 1. The molecule has 77 heavy (non-hydrogen) atoms. The van der Waals surface area contributed by atoms with Crippen molar-refractivity contribution in [2.45, 2.75) is 98.8 Å². The molecule has 7 rings (SSSR count). The van der Waals surface area contributed by atoms with Crippen LogP contribution in [0, 0.1) is 27.7 Å². The molecule has 0 atom stereocenters. The van der Waals surface area contributed by atoms with Crippen LogP contribution in [-0.4, -0.2) is 71.7 Å². The van der Waals surface area contributed by atoms with Crippen LogP contribution in [0.5, 0.6) is 0 Å². The second kappa shape index (κ2) is 46.9. The molecule has 7 aromatic heterocycles. The Morgan fingerprint density at radius 3 is 1.47 bits per heavy atom. The van der Waals surface area contributed by atoms with Crippen molar-refractivity contribution < 1.29 is 32.8 Å². The molecule has 0 bridgehead atoms. The third kappa shape index (κ3) is 34.2. The Labute approximate surface area is 534 Å². The number of hydroxylamine groups is 1. The number of esters is 1. The van der Waals surface area contributed by atoms with Gasteiger partial charge in [0, 0.05) is 107 Å². The summed E-state index contributed by atoms with van der Waals surface area (Å²) in [6.45, 7) is 12.2. The van der Waals surface area contributed by atoms with E-state index in [9.17, 15) is 9.59 Å². The van der Waals surface area contributed by atoms with E-state index in [0.29, 0.717) is 32.7 Å². The quantitative estimate of drug-likeness (QED) is 0.0154. The van der Waals surface area contributed by atoms with Crippen LogP contribution in [0.2, 0.25) is 0 Å². The molecule has 0 saturated carbocycles. The number of carbonyl (C=O) groups is 2. The number of aryl methyl sites for hydroxylation is 4. The van der Waals surface area contributed by atoms with Crippen molar-refractivity contribution in [1.29, 1.82) is 0 Å². The predicted octanol–water partition coefficient (Wildman–Crippen LogP) is 13.7. The Morgan fingerprint density at radius 1 is 0.584 bits per heavy atom. The van der Waals surface area contributed by atoms with Gasteiger partial charge in [-0.1, -0.05) is 43.9 Å². The van der Waals surface area contributed by atoms with E-state index in [1.807, 2.05) is 144 Å². The molecule has 418 valence electrons. The number of hydrogen-bond donors (Lipinski definition) is 3. The first-order valence-corrected chi connectivity index (χ1v) is 44.1. The third-order valence-electron chi connectivity index (χ3n) is 10.4. The van der Waals surface area contributed by atoms with Crippen molar-refractivity contribution in [2.75, 3.05) is 34.8 Å². The van der Waals surface area contributed by atoms with E-state index in [1.165, 1.54) is 11.1 Å². The fourth-order valence-electron chi connectivity index (χ4n) is 6.91. The summed E-state index contributed by atoms with van der Waals surface area (Å²) in [5, 5.41) is 11.6. The Morgan fingerprint density at radius 2 is 1.05 bits per heavy atom. The summed E-state index contributed by atoms with van der Waals surface area (Å²) in [5.41, 5.74) is 8.41. The summed E-state index contributed by atoms with van der Waals surface area (Å²) in [6, 6.07) is 29.7. The van der Waals surface area contributed by atoms with Crippen LogP contribution in [0.1, 0.15) is 93.4 Å². The van der Waals surface area contributed by atoms with E-state index < -0.39 is 0 Å². The molecule has 0 radical (unpaired) electrons. The van der Waals surface area contributed by atoms with Gasteiger partial charge in [-0.2, -0.15) is 0 Å². The summed E-state index contributed by atoms with van der Waals surface area (Å²) >= 11 is 12.8. The summed E-state index contributed by atoms with van der Waals surface area (Å²) in [5.74, 6) is 3.06. The zero-order valence-electron chi connectivity index (χ0n) is 43.9. The van der Waals surface area contributed by atoms with Gasteiger partial charge < -0.3 is 19.9 Å². The van der Waals surface area contributed by atoms with Crippen molar-refractivity contribution in [2.24, 2.45) is 0 Å². The van der Waals surface area contributed by atoms with Crippen LogP contribution in [0.4, 0.5) is 34.6 Å². The number of anilines is 6. The predicted molar refractivity (Wildman–Crippen MR) is 358 cm³/mol. The zero-order valence-corrected chi connectivity index (χ0v) is 58.6. The Hall–Kier alpha value is -2.79. The van der Waals surface area contributed by atoms with E-state index >= 15 is 0 Å². The number of aromatic nitrogens is 7. The summed E-state index contributed by atoms with van der Waals surface area (Å²) in [4.78, 5) is 56.5. The van der Waals surface area contributed by atoms with Crippen LogP contribution in [0.25, 0.3) is 0 Å². The molecule has 0 aliphatic rings. The average molecular weight is 1790 g/mol. The molecule has 0 saturated heterocycles. The molecule has 0 aromatic carbocycles. The molecule has 7 heterocycles. The Bertz CT molecular complexity index is 2590. The van der Waals surface area contributed by atoms with Gasteiger partial charge in [-0.05, 0) is 171 Å². The summed E-state index contributed by atoms with van der Waals surface area (Å²) in [7, 11) is 0. The number of unbranched alkanes of at least 4 members (excludes halogenated alkanes) is 6. The summed E-state index contributed by atoms with van der Waals surface area (Å²) < 4.78 is 5.85. The molecule has 3 N–H and O–H groups in total. The normalized spacial score (nSPS) is 9.75. The van der Waals surface area contributed by atoms with E-state index in [4.69, 9.17) is 9.94 Å². The van der Waals surface area contributed by atoms with Crippen LogP contribution < -0.4 is 33.9 Å². The van der Waals surface area contributed by atoms with Crippen LogP contribution in [0.15, 0.2) is 151 Å². The molecule has 0 spiro atoms. The minimum absolute atomic E-state index is 0. The molecular weight excluding hydrogens is 1720 g/mol. The van der Waals surface area contributed by atoms with Gasteiger partial charge >= 0.3 is 56.5 Å². The maximum atomic E-state index is 11.3. The van der Waals surface area contributed by atoms with Gasteiger partial charge in [-0.25, -0.2) is 30.4 Å². The molecule has 0 aliphatic carbocycles. The number of nitrogens with one attached hydrogen (secondary N) is 2. The zero-order chi connectivity index (χ0) is 55.6. The first-order chi connectivity index (χ1) is 37.0. The standard InChI is InChI=1S/C20H27N3O2.C18H24N4O2.C11H11N3.C6H6BrN.I3.I2.HI/c1-3-25-20(24)11-6-4-5-9-13-23(19-10-7-8-12-22-19)18-14-17(2)15-21-16-18;1-15-12-16(14-19-13-15)22(17-8-5-6-10-20-17)11-7-3-2-4-9-18(23)21-24;1-9-5-7-13-11(8-9)14-10-4-2-3-6-12-10;1-5-2-3-8-6(7)4-5;1-3-2;1-2;/h7-8,10,12,14-16H,3-6,9,11,13H2,1-2H3;5-6,8,10,12-14,24H,2-4,7,9,11H2,1H3,(H,21,23);2-8H,1H3,(H,12,13,14);2-4H,1H3;;;1H/q;;;;-1;;. The van der Waals surface area contributed by atoms with E-state index in [-0.39, 0.29) is 35.9 Å². The second-order valence-electron chi connectivity index (χ2n) is 16.6. The van der Waals surface area contributed by atoms with Crippen molar-refractivity contribution in [3.63, 3.8) is 0 Å². The van der Waals surface area contributed by atoms with Crippen molar-refractivity contribution in [3.05, 3.63) is 174 Å². The van der Waals surface area contributed by atoms with Gasteiger partial charge in [-0.3, -0.25) is 24.8 Å². The topological polar surface area (TPSA) is 184 Å². The van der Waals surface area contributed by atoms with Crippen molar-refractivity contribution in [1.82, 2.24) is 40.4 Å². The van der Waals surface area contributed by atoms with Crippen LogP contribution in [0.3, 0.4) is 0 Å². The van der Waals surface area contributed by atoms with Gasteiger partial charge in [0.1, 0.15) is 27.9 Å². The van der Waals surface area contributed by atoms with Gasteiger partial charge in [0.15, 0.2) is 0 Å².